The average molecular weight is 252 g/mol. The summed E-state index contributed by atoms with van der Waals surface area (Å²) in [5, 5.41) is 0. The molecule has 1 aromatic heterocycles. The molecular formula is C13H24N4O. The molecule has 0 amide bonds. The Morgan fingerprint density at radius 3 is 2.72 bits per heavy atom. The van der Waals surface area contributed by atoms with Crippen LogP contribution >= 0.6 is 0 Å². The summed E-state index contributed by atoms with van der Waals surface area (Å²) in [5.74, 6) is 1.44. The molecule has 2 N–H and O–H groups in total. The van der Waals surface area contributed by atoms with Crippen LogP contribution in [0.15, 0.2) is 12.4 Å². The van der Waals surface area contributed by atoms with E-state index in [0.717, 1.165) is 31.7 Å². The quantitative estimate of drug-likeness (QED) is 0.764. The van der Waals surface area contributed by atoms with Crippen LogP contribution in [0.3, 0.4) is 0 Å². The lowest BCUT2D eigenvalue weighted by Gasteiger charge is -2.23. The standard InChI is InChI=1S/C13H24N4O/c1-4-7-17(8-5-6-14)12-9-15-10-13(16-12)18-11(2)3/h9-11H,4-8,14H2,1-3H3. The first-order chi connectivity index (χ1) is 8.67. The van der Waals surface area contributed by atoms with Crippen LogP contribution in [0.5, 0.6) is 5.88 Å². The maximum atomic E-state index is 5.56. The third-order valence-electron chi connectivity index (χ3n) is 2.41. The summed E-state index contributed by atoms with van der Waals surface area (Å²) in [7, 11) is 0. The first-order valence-corrected chi connectivity index (χ1v) is 6.61. The van der Waals surface area contributed by atoms with Gasteiger partial charge in [-0.15, -0.1) is 0 Å². The summed E-state index contributed by atoms with van der Waals surface area (Å²) in [6.45, 7) is 8.66. The summed E-state index contributed by atoms with van der Waals surface area (Å²) in [6, 6.07) is 0. The Labute approximate surface area is 109 Å². The molecule has 0 unspecified atom stereocenters. The van der Waals surface area contributed by atoms with Crippen molar-refractivity contribution in [3.05, 3.63) is 12.4 Å². The third kappa shape index (κ3) is 4.87. The number of rotatable bonds is 8. The molecule has 1 heterocycles. The predicted molar refractivity (Wildman–Crippen MR) is 74.0 cm³/mol. The zero-order chi connectivity index (χ0) is 13.4. The van der Waals surface area contributed by atoms with Crippen LogP contribution in [0.2, 0.25) is 0 Å². The lowest BCUT2D eigenvalue weighted by Crippen LogP contribution is -2.28. The van der Waals surface area contributed by atoms with E-state index < -0.39 is 0 Å². The van der Waals surface area contributed by atoms with Crippen LogP contribution in [0, 0.1) is 0 Å². The van der Waals surface area contributed by atoms with Crippen molar-refractivity contribution >= 4 is 5.82 Å². The average Bonchev–Trinajstić information content (AvgIpc) is 2.34. The van der Waals surface area contributed by atoms with E-state index in [1.54, 1.807) is 12.4 Å². The van der Waals surface area contributed by atoms with Crippen LogP contribution in [-0.2, 0) is 0 Å². The molecule has 0 atom stereocenters. The molecule has 0 saturated carbocycles. The van der Waals surface area contributed by atoms with E-state index in [-0.39, 0.29) is 6.10 Å². The second-order valence-corrected chi connectivity index (χ2v) is 4.51. The smallest absolute Gasteiger partial charge is 0.234 e. The highest BCUT2D eigenvalue weighted by molar-refractivity contribution is 5.37. The van der Waals surface area contributed by atoms with Gasteiger partial charge in [-0.05, 0) is 33.2 Å². The lowest BCUT2D eigenvalue weighted by molar-refractivity contribution is 0.231. The number of nitrogens with two attached hydrogens (primary N) is 1. The van der Waals surface area contributed by atoms with Crippen molar-refractivity contribution in [1.29, 1.82) is 0 Å². The summed E-state index contributed by atoms with van der Waals surface area (Å²) >= 11 is 0. The Morgan fingerprint density at radius 1 is 1.33 bits per heavy atom. The van der Waals surface area contributed by atoms with Crippen molar-refractivity contribution in [2.45, 2.75) is 39.7 Å². The molecule has 5 heteroatoms. The molecular weight excluding hydrogens is 228 g/mol. The fraction of sp³-hybridized carbons (Fsp3) is 0.692. The number of ether oxygens (including phenoxy) is 1. The summed E-state index contributed by atoms with van der Waals surface area (Å²) in [5.41, 5.74) is 5.56. The van der Waals surface area contributed by atoms with Gasteiger partial charge in [-0.1, -0.05) is 6.92 Å². The van der Waals surface area contributed by atoms with Gasteiger partial charge in [0.25, 0.3) is 0 Å². The molecule has 0 aliphatic carbocycles. The van der Waals surface area contributed by atoms with Crippen LogP contribution in [0.25, 0.3) is 0 Å². The molecule has 0 spiro atoms. The van der Waals surface area contributed by atoms with Gasteiger partial charge in [-0.2, -0.15) is 4.98 Å². The number of hydrogen-bond donors (Lipinski definition) is 1. The van der Waals surface area contributed by atoms with Crippen LogP contribution < -0.4 is 15.4 Å². The summed E-state index contributed by atoms with van der Waals surface area (Å²) < 4.78 is 5.56. The molecule has 0 aromatic carbocycles. The van der Waals surface area contributed by atoms with Crippen molar-refractivity contribution in [3.8, 4) is 5.88 Å². The maximum Gasteiger partial charge on any atom is 0.234 e. The van der Waals surface area contributed by atoms with E-state index >= 15 is 0 Å². The molecule has 1 aromatic rings. The molecule has 0 fully saturated rings. The minimum Gasteiger partial charge on any atom is -0.474 e. The molecule has 0 radical (unpaired) electrons. The normalized spacial score (nSPS) is 10.7. The van der Waals surface area contributed by atoms with E-state index in [1.165, 1.54) is 0 Å². The highest BCUT2D eigenvalue weighted by Gasteiger charge is 2.09. The topological polar surface area (TPSA) is 64.3 Å². The first kappa shape index (κ1) is 14.7. The van der Waals surface area contributed by atoms with E-state index in [9.17, 15) is 0 Å². The van der Waals surface area contributed by atoms with Crippen molar-refractivity contribution in [3.63, 3.8) is 0 Å². The van der Waals surface area contributed by atoms with E-state index in [4.69, 9.17) is 10.5 Å². The first-order valence-electron chi connectivity index (χ1n) is 6.61. The van der Waals surface area contributed by atoms with Gasteiger partial charge in [0.2, 0.25) is 5.88 Å². The summed E-state index contributed by atoms with van der Waals surface area (Å²) in [4.78, 5) is 10.9. The zero-order valence-electron chi connectivity index (χ0n) is 11.6. The second kappa shape index (κ2) is 7.87. The molecule has 102 valence electrons. The fourth-order valence-electron chi connectivity index (χ4n) is 1.68. The monoisotopic (exact) mass is 252 g/mol. The van der Waals surface area contributed by atoms with Gasteiger partial charge < -0.3 is 15.4 Å². The molecule has 1 rings (SSSR count). The molecule has 18 heavy (non-hydrogen) atoms. The van der Waals surface area contributed by atoms with Gasteiger partial charge in [0.1, 0.15) is 0 Å². The molecule has 0 saturated heterocycles. The van der Waals surface area contributed by atoms with Crippen molar-refractivity contribution in [2.75, 3.05) is 24.5 Å². The fourth-order valence-corrected chi connectivity index (χ4v) is 1.68. The van der Waals surface area contributed by atoms with Gasteiger partial charge in [0.05, 0.1) is 18.5 Å². The lowest BCUT2D eigenvalue weighted by atomic mass is 10.3. The Bertz CT molecular complexity index is 344. The maximum absolute atomic E-state index is 5.56. The Balaban J connectivity index is 2.76. The number of nitrogens with zero attached hydrogens (tertiary/aromatic N) is 3. The molecule has 0 aliphatic heterocycles. The van der Waals surface area contributed by atoms with E-state index in [0.29, 0.717) is 12.4 Å². The minimum absolute atomic E-state index is 0.109. The van der Waals surface area contributed by atoms with Gasteiger partial charge in [-0.3, -0.25) is 4.98 Å². The largest absolute Gasteiger partial charge is 0.474 e. The van der Waals surface area contributed by atoms with E-state index in [2.05, 4.69) is 21.8 Å². The van der Waals surface area contributed by atoms with Gasteiger partial charge >= 0.3 is 0 Å². The highest BCUT2D eigenvalue weighted by atomic mass is 16.5. The summed E-state index contributed by atoms with van der Waals surface area (Å²) in [6.07, 6.45) is 5.56. The number of aromatic nitrogens is 2. The Kier molecular flexibility index (Phi) is 6.43. The predicted octanol–water partition coefficient (Wildman–Crippen LogP) is 1.83. The van der Waals surface area contributed by atoms with E-state index in [1.807, 2.05) is 13.8 Å². The van der Waals surface area contributed by atoms with Crippen molar-refractivity contribution < 1.29 is 4.74 Å². The van der Waals surface area contributed by atoms with Gasteiger partial charge in [0.15, 0.2) is 5.82 Å². The van der Waals surface area contributed by atoms with Crippen molar-refractivity contribution in [2.24, 2.45) is 5.73 Å². The second-order valence-electron chi connectivity index (χ2n) is 4.51. The number of anilines is 1. The third-order valence-corrected chi connectivity index (χ3v) is 2.41. The minimum atomic E-state index is 0.109. The van der Waals surface area contributed by atoms with Crippen LogP contribution in [0.1, 0.15) is 33.6 Å². The zero-order valence-corrected chi connectivity index (χ0v) is 11.6. The van der Waals surface area contributed by atoms with Gasteiger partial charge in [0, 0.05) is 13.1 Å². The Hall–Kier alpha value is -1.36. The van der Waals surface area contributed by atoms with Crippen LogP contribution in [-0.4, -0.2) is 35.7 Å². The SMILES string of the molecule is CCCN(CCCN)c1cncc(OC(C)C)n1. The highest BCUT2D eigenvalue weighted by Crippen LogP contribution is 2.15. The Morgan fingerprint density at radius 2 is 2.11 bits per heavy atom. The van der Waals surface area contributed by atoms with Gasteiger partial charge in [-0.25, -0.2) is 0 Å². The van der Waals surface area contributed by atoms with Crippen LogP contribution in [0.4, 0.5) is 5.82 Å². The molecule has 5 nitrogen and oxygen atoms in total. The number of hydrogen-bond acceptors (Lipinski definition) is 5. The molecule has 0 aliphatic rings. The molecule has 0 bridgehead atoms. The van der Waals surface area contributed by atoms with Crippen molar-refractivity contribution in [1.82, 2.24) is 9.97 Å².